The molecule has 0 aliphatic carbocycles. The summed E-state index contributed by atoms with van der Waals surface area (Å²) >= 11 is 0. The van der Waals surface area contributed by atoms with E-state index >= 15 is 0 Å². The van der Waals surface area contributed by atoms with E-state index in [1.807, 2.05) is 32.0 Å². The lowest BCUT2D eigenvalue weighted by Gasteiger charge is -2.04. The minimum absolute atomic E-state index is 0.0108. The van der Waals surface area contributed by atoms with E-state index in [-0.39, 0.29) is 4.90 Å². The Hall–Kier alpha value is -1.66. The maximum atomic E-state index is 11.1. The first-order valence-electron chi connectivity index (χ1n) is 5.02. The average molecular weight is 251 g/mol. The van der Waals surface area contributed by atoms with Crippen molar-refractivity contribution in [2.45, 2.75) is 18.7 Å². The predicted molar refractivity (Wildman–Crippen MR) is 64.4 cm³/mol. The van der Waals surface area contributed by atoms with Gasteiger partial charge in [-0.3, -0.25) is 0 Å². The molecule has 1 heterocycles. The highest BCUT2D eigenvalue weighted by Gasteiger charge is 2.11. The molecule has 0 spiro atoms. The van der Waals surface area contributed by atoms with Gasteiger partial charge in [-0.2, -0.15) is 5.10 Å². The van der Waals surface area contributed by atoms with Gasteiger partial charge in [-0.25, -0.2) is 18.2 Å². The van der Waals surface area contributed by atoms with Crippen LogP contribution >= 0.6 is 0 Å². The molecule has 0 fully saturated rings. The summed E-state index contributed by atoms with van der Waals surface area (Å²) in [4.78, 5) is 0.0108. The van der Waals surface area contributed by atoms with Crippen LogP contribution in [0.3, 0.4) is 0 Å². The van der Waals surface area contributed by atoms with Gasteiger partial charge >= 0.3 is 0 Å². The Labute approximate surface area is 99.9 Å². The van der Waals surface area contributed by atoms with Crippen molar-refractivity contribution in [3.8, 4) is 5.69 Å². The molecule has 0 atom stereocenters. The van der Waals surface area contributed by atoms with Crippen LogP contribution in [0.25, 0.3) is 5.69 Å². The summed E-state index contributed by atoms with van der Waals surface area (Å²) in [6.45, 7) is 3.95. The van der Waals surface area contributed by atoms with Crippen LogP contribution in [0.2, 0.25) is 0 Å². The van der Waals surface area contributed by atoms with E-state index in [4.69, 9.17) is 5.14 Å². The van der Waals surface area contributed by atoms with Gasteiger partial charge in [0.1, 0.15) is 4.90 Å². The van der Waals surface area contributed by atoms with Gasteiger partial charge in [0.05, 0.1) is 18.1 Å². The first kappa shape index (κ1) is 11.8. The van der Waals surface area contributed by atoms with Crippen molar-refractivity contribution in [1.29, 1.82) is 0 Å². The highest BCUT2D eigenvalue weighted by atomic mass is 32.2. The summed E-state index contributed by atoms with van der Waals surface area (Å²) in [5.41, 5.74) is 3.00. The fourth-order valence-corrected chi connectivity index (χ4v) is 2.12. The zero-order valence-electron chi connectivity index (χ0n) is 9.58. The molecule has 5 nitrogen and oxygen atoms in total. The van der Waals surface area contributed by atoms with Crippen molar-refractivity contribution >= 4 is 10.0 Å². The third kappa shape index (κ3) is 2.54. The number of primary sulfonamides is 1. The molecule has 0 aliphatic heterocycles. The molecule has 0 radical (unpaired) electrons. The van der Waals surface area contributed by atoms with Crippen molar-refractivity contribution in [3.05, 3.63) is 41.7 Å². The summed E-state index contributed by atoms with van der Waals surface area (Å²) in [5.74, 6) is 0. The van der Waals surface area contributed by atoms with Gasteiger partial charge in [-0.1, -0.05) is 6.07 Å². The highest BCUT2D eigenvalue weighted by Crippen LogP contribution is 2.14. The molecule has 0 amide bonds. The standard InChI is InChI=1S/C11H13N3O2S/c1-8-3-9(2)5-10(4-8)14-7-11(6-13-14)17(12,15)16/h3-7H,1-2H3,(H2,12,15,16). The van der Waals surface area contributed by atoms with Crippen LogP contribution < -0.4 is 5.14 Å². The zero-order chi connectivity index (χ0) is 12.6. The minimum atomic E-state index is -3.69. The highest BCUT2D eigenvalue weighted by molar-refractivity contribution is 7.89. The van der Waals surface area contributed by atoms with Gasteiger partial charge in [-0.15, -0.1) is 0 Å². The van der Waals surface area contributed by atoms with Gasteiger partial charge in [-0.05, 0) is 37.1 Å². The molecule has 1 aromatic heterocycles. The second-order valence-electron chi connectivity index (χ2n) is 4.01. The van der Waals surface area contributed by atoms with Crippen LogP contribution in [0.4, 0.5) is 0 Å². The first-order valence-corrected chi connectivity index (χ1v) is 6.57. The summed E-state index contributed by atoms with van der Waals surface area (Å²) in [5, 5.41) is 9.02. The van der Waals surface area contributed by atoms with Crippen LogP contribution in [0.15, 0.2) is 35.5 Å². The Morgan fingerprint density at radius 1 is 1.18 bits per heavy atom. The fourth-order valence-electron chi connectivity index (χ4n) is 1.68. The van der Waals surface area contributed by atoms with E-state index in [0.717, 1.165) is 16.8 Å². The number of benzene rings is 1. The van der Waals surface area contributed by atoms with E-state index < -0.39 is 10.0 Å². The van der Waals surface area contributed by atoms with Crippen molar-refractivity contribution in [3.63, 3.8) is 0 Å². The van der Waals surface area contributed by atoms with E-state index in [0.29, 0.717) is 0 Å². The molecule has 17 heavy (non-hydrogen) atoms. The van der Waals surface area contributed by atoms with Crippen LogP contribution in [-0.2, 0) is 10.0 Å². The Bertz CT molecular complexity index is 639. The molecule has 0 unspecified atom stereocenters. The van der Waals surface area contributed by atoms with E-state index in [2.05, 4.69) is 5.10 Å². The molecule has 1 aromatic carbocycles. The number of nitrogens with zero attached hydrogens (tertiary/aromatic N) is 2. The number of aromatic nitrogens is 2. The number of aryl methyl sites for hydroxylation is 2. The normalized spacial score (nSPS) is 11.7. The van der Waals surface area contributed by atoms with Crippen molar-refractivity contribution in [2.75, 3.05) is 0 Å². The molecule has 2 rings (SSSR count). The van der Waals surface area contributed by atoms with Gasteiger partial charge in [0, 0.05) is 0 Å². The first-order chi connectivity index (χ1) is 7.86. The predicted octanol–water partition coefficient (Wildman–Crippen LogP) is 1.14. The maximum absolute atomic E-state index is 11.1. The monoisotopic (exact) mass is 251 g/mol. The second-order valence-corrected chi connectivity index (χ2v) is 5.57. The van der Waals surface area contributed by atoms with Crippen LogP contribution in [-0.4, -0.2) is 18.2 Å². The van der Waals surface area contributed by atoms with E-state index in [1.54, 1.807) is 0 Å². The molecular weight excluding hydrogens is 238 g/mol. The number of hydrogen-bond donors (Lipinski definition) is 1. The SMILES string of the molecule is Cc1cc(C)cc(-n2cc(S(N)(=O)=O)cn2)c1. The van der Waals surface area contributed by atoms with Crippen LogP contribution in [0, 0.1) is 13.8 Å². The lowest BCUT2D eigenvalue weighted by Crippen LogP contribution is -2.11. The van der Waals surface area contributed by atoms with Crippen molar-refractivity contribution < 1.29 is 8.42 Å². The van der Waals surface area contributed by atoms with Gasteiger partial charge in [0.2, 0.25) is 10.0 Å². The smallest absolute Gasteiger partial charge is 0.240 e. The van der Waals surface area contributed by atoms with Crippen LogP contribution in [0.1, 0.15) is 11.1 Å². The molecular formula is C11H13N3O2S. The molecule has 0 bridgehead atoms. The lowest BCUT2D eigenvalue weighted by molar-refractivity contribution is 0.598. The second kappa shape index (κ2) is 3.97. The third-order valence-electron chi connectivity index (χ3n) is 2.36. The fraction of sp³-hybridized carbons (Fsp3) is 0.182. The molecule has 2 N–H and O–H groups in total. The van der Waals surface area contributed by atoms with Gasteiger partial charge < -0.3 is 0 Å². The summed E-state index contributed by atoms with van der Waals surface area (Å²) in [6.07, 6.45) is 2.65. The average Bonchev–Trinajstić information content (AvgIpc) is 2.63. The number of sulfonamides is 1. The molecule has 0 saturated heterocycles. The van der Waals surface area contributed by atoms with Crippen molar-refractivity contribution in [2.24, 2.45) is 5.14 Å². The van der Waals surface area contributed by atoms with Crippen molar-refractivity contribution in [1.82, 2.24) is 9.78 Å². The Balaban J connectivity index is 2.51. The number of nitrogens with two attached hydrogens (primary N) is 1. The topological polar surface area (TPSA) is 78.0 Å². The summed E-state index contributed by atoms with van der Waals surface area (Å²) in [6, 6.07) is 5.88. The van der Waals surface area contributed by atoms with E-state index in [9.17, 15) is 8.42 Å². The molecule has 2 aromatic rings. The number of hydrogen-bond acceptors (Lipinski definition) is 3. The van der Waals surface area contributed by atoms with Gasteiger partial charge in [0.15, 0.2) is 0 Å². The zero-order valence-corrected chi connectivity index (χ0v) is 10.4. The van der Waals surface area contributed by atoms with Crippen LogP contribution in [0.5, 0.6) is 0 Å². The molecule has 6 heteroatoms. The Morgan fingerprint density at radius 2 is 1.76 bits per heavy atom. The summed E-state index contributed by atoms with van der Waals surface area (Å²) in [7, 11) is -3.69. The lowest BCUT2D eigenvalue weighted by atomic mass is 10.1. The maximum Gasteiger partial charge on any atom is 0.241 e. The molecule has 0 aliphatic rings. The van der Waals surface area contributed by atoms with E-state index in [1.165, 1.54) is 17.1 Å². The third-order valence-corrected chi connectivity index (χ3v) is 3.23. The number of rotatable bonds is 2. The quantitative estimate of drug-likeness (QED) is 0.869. The van der Waals surface area contributed by atoms with Gasteiger partial charge in [0.25, 0.3) is 0 Å². The minimum Gasteiger partial charge on any atom is -0.240 e. The molecule has 0 saturated carbocycles. The Morgan fingerprint density at radius 3 is 2.24 bits per heavy atom. The Kier molecular flexibility index (Phi) is 2.76. The summed E-state index contributed by atoms with van der Waals surface area (Å²) < 4.78 is 23.8. The molecule has 90 valence electrons. The largest absolute Gasteiger partial charge is 0.241 e.